The summed E-state index contributed by atoms with van der Waals surface area (Å²) in [5.74, 6) is -1.04. The number of anilines is 2. The van der Waals surface area contributed by atoms with Gasteiger partial charge in [-0.2, -0.15) is 0 Å². The minimum absolute atomic E-state index is 0.0364. The number of amides is 2. The Hall–Kier alpha value is -3.29. The summed E-state index contributed by atoms with van der Waals surface area (Å²) >= 11 is 5.22. The van der Waals surface area contributed by atoms with Gasteiger partial charge in [0.1, 0.15) is 0 Å². The predicted molar refractivity (Wildman–Crippen MR) is 145 cm³/mol. The molecule has 0 unspecified atom stereocenters. The van der Waals surface area contributed by atoms with Crippen molar-refractivity contribution in [2.45, 2.75) is 49.9 Å². The quantitative estimate of drug-likeness (QED) is 0.180. The second-order valence-electron chi connectivity index (χ2n) is 7.93. The molecule has 2 amide bonds. The zero-order valence-electron chi connectivity index (χ0n) is 20.1. The Balaban J connectivity index is 2.54. The Bertz CT molecular complexity index is 1370. The summed E-state index contributed by atoms with van der Waals surface area (Å²) in [6.45, 7) is 6.61. The average Bonchev–Trinajstić information content (AvgIpc) is 2.77. The number of thiol groups is 1. The van der Waals surface area contributed by atoms with E-state index in [0.717, 1.165) is 0 Å². The van der Waals surface area contributed by atoms with Gasteiger partial charge in [0.2, 0.25) is 11.8 Å². The third-order valence-electron chi connectivity index (χ3n) is 4.54. The predicted octanol–water partition coefficient (Wildman–Crippen LogP) is 2.70. The number of hydrogen-bond acceptors (Lipinski definition) is 7. The van der Waals surface area contributed by atoms with Gasteiger partial charge in [0, 0.05) is 30.8 Å². The number of carbonyl (C=O) groups is 2. The summed E-state index contributed by atoms with van der Waals surface area (Å²) in [5.41, 5.74) is 1.17. The summed E-state index contributed by atoms with van der Waals surface area (Å²) in [6, 6.07) is 8.81. The zero-order valence-corrected chi connectivity index (χ0v) is 22.6. The van der Waals surface area contributed by atoms with Crippen LogP contribution in [0.3, 0.4) is 0 Å². The molecule has 2 rings (SSSR count). The van der Waals surface area contributed by atoms with Crippen molar-refractivity contribution in [2.75, 3.05) is 10.6 Å². The molecule has 10 nitrogen and oxygen atoms in total. The van der Waals surface area contributed by atoms with Crippen molar-refractivity contribution < 1.29 is 26.4 Å². The summed E-state index contributed by atoms with van der Waals surface area (Å²) in [5, 5.41) is 8.70. The van der Waals surface area contributed by atoms with E-state index in [9.17, 15) is 26.4 Å². The summed E-state index contributed by atoms with van der Waals surface area (Å²) in [6.07, 6.45) is 2.83. The fourth-order valence-corrected chi connectivity index (χ4v) is 5.23. The largest absolute Gasteiger partial charge is 0.360 e. The molecule has 4 N–H and O–H groups in total. The van der Waals surface area contributed by atoms with Gasteiger partial charge in [-0.25, -0.2) is 21.6 Å². The molecule has 0 bridgehead atoms. The van der Waals surface area contributed by atoms with Crippen molar-refractivity contribution in [3.8, 4) is 0 Å². The number of hydrogen-bond donors (Lipinski definition) is 5. The molecule has 0 aliphatic heterocycles. The Morgan fingerprint density at radius 1 is 1.00 bits per heavy atom. The fourth-order valence-electron chi connectivity index (χ4n) is 2.99. The summed E-state index contributed by atoms with van der Waals surface area (Å²) in [7, 11) is -7.27. The van der Waals surface area contributed by atoms with E-state index < -0.39 is 26.6 Å². The van der Waals surface area contributed by atoms with Crippen LogP contribution in [-0.4, -0.2) is 39.8 Å². The van der Waals surface area contributed by atoms with Crippen molar-refractivity contribution in [1.29, 1.82) is 0 Å². The van der Waals surface area contributed by atoms with Gasteiger partial charge in [0.05, 0.1) is 9.79 Å². The highest BCUT2D eigenvalue weighted by atomic mass is 32.2. The first kappa shape index (κ1) is 28.9. The topological polar surface area (TPSA) is 151 Å². The van der Waals surface area contributed by atoms with Crippen molar-refractivity contribution in [1.82, 2.24) is 10.0 Å². The highest BCUT2D eigenvalue weighted by molar-refractivity contribution is 7.90. The van der Waals surface area contributed by atoms with E-state index in [1.807, 2.05) is 18.6 Å². The van der Waals surface area contributed by atoms with Crippen LogP contribution in [0, 0.1) is 0 Å². The Morgan fingerprint density at radius 2 is 1.58 bits per heavy atom. The van der Waals surface area contributed by atoms with Crippen LogP contribution in [0.5, 0.6) is 0 Å². The van der Waals surface area contributed by atoms with Crippen molar-refractivity contribution in [3.63, 3.8) is 0 Å². The number of carbonyl (C=O) groups excluding carboxylic acids is 2. The molecular weight excluding hydrogens is 524 g/mol. The third-order valence-corrected chi connectivity index (χ3v) is 6.97. The van der Waals surface area contributed by atoms with Crippen molar-refractivity contribution in [3.05, 3.63) is 47.5 Å². The maximum absolute atomic E-state index is 13.0. The smallest absolute Gasteiger partial charge is 0.264 e. The highest BCUT2D eigenvalue weighted by Crippen LogP contribution is 2.25. The van der Waals surface area contributed by atoms with Crippen LogP contribution in [-0.2, 0) is 30.3 Å². The van der Waals surface area contributed by atoms with Gasteiger partial charge in [0.25, 0.3) is 10.0 Å². The molecule has 13 heteroatoms. The maximum Gasteiger partial charge on any atom is 0.264 e. The first-order valence-corrected chi connectivity index (χ1v) is 13.9. The van der Waals surface area contributed by atoms with Gasteiger partial charge in [-0.15, -0.1) is 0 Å². The van der Waals surface area contributed by atoms with Crippen LogP contribution in [0.25, 0.3) is 12.2 Å². The lowest BCUT2D eigenvalue weighted by Crippen LogP contribution is -2.34. The first-order valence-electron chi connectivity index (χ1n) is 10.8. The van der Waals surface area contributed by atoms with E-state index in [1.165, 1.54) is 56.3 Å². The molecular formula is C23H28N4O6S3. The Morgan fingerprint density at radius 3 is 2.14 bits per heavy atom. The van der Waals surface area contributed by atoms with E-state index in [2.05, 4.69) is 16.0 Å². The fraction of sp³-hybridized carbons (Fsp3) is 0.261. The van der Waals surface area contributed by atoms with Gasteiger partial charge in [-0.05, 0) is 61.5 Å². The minimum Gasteiger partial charge on any atom is -0.360 e. The number of nitrogens with one attached hydrogen (secondary N) is 4. The van der Waals surface area contributed by atoms with Crippen molar-refractivity contribution >= 4 is 73.4 Å². The molecule has 0 atom stereocenters. The van der Waals surface area contributed by atoms with Crippen LogP contribution in [0.2, 0.25) is 0 Å². The molecule has 0 aromatic heterocycles. The van der Waals surface area contributed by atoms with E-state index in [0.29, 0.717) is 11.4 Å². The van der Waals surface area contributed by atoms with Crippen LogP contribution < -0.4 is 20.7 Å². The minimum atomic E-state index is -4.26. The highest BCUT2D eigenvalue weighted by Gasteiger charge is 2.21. The van der Waals surface area contributed by atoms with Gasteiger partial charge >= 0.3 is 0 Å². The van der Waals surface area contributed by atoms with Crippen LogP contribution in [0.4, 0.5) is 11.4 Å². The molecule has 2 aromatic rings. The molecule has 0 radical (unpaired) electrons. The van der Waals surface area contributed by atoms with Gasteiger partial charge < -0.3 is 16.0 Å². The number of sulfonamides is 1. The second kappa shape index (κ2) is 12.6. The summed E-state index contributed by atoms with van der Waals surface area (Å²) in [4.78, 5) is 22.9. The first-order chi connectivity index (χ1) is 16.8. The third kappa shape index (κ3) is 8.43. The lowest BCUT2D eigenvalue weighted by Gasteiger charge is -2.15. The van der Waals surface area contributed by atoms with Crippen LogP contribution in [0.1, 0.15) is 45.2 Å². The van der Waals surface area contributed by atoms with E-state index in [1.54, 1.807) is 6.07 Å². The molecule has 0 spiro atoms. The number of rotatable bonds is 9. The zero-order chi connectivity index (χ0) is 27.0. The number of thiocarbonyl (C=S) groups is 1. The molecule has 0 saturated carbocycles. The van der Waals surface area contributed by atoms with Gasteiger partial charge in [-0.1, -0.05) is 31.2 Å². The molecule has 2 aromatic carbocycles. The lowest BCUT2D eigenvalue weighted by molar-refractivity contribution is -0.119. The standard InChI is InChI=1S/C23H28N4O6S3/c1-5-22(29)27-36(32,33)21-13-19(26-23(34)24-14(2)3)11-9-17(21)7-6-16-8-10-18(25-15(4)28)12-20(16)35(30)31/h6-14,35H,5H2,1-4H3,(H,25,28)(H,27,29)(H2,24,26,34)/b7-6+. The van der Waals surface area contributed by atoms with Crippen LogP contribution >= 0.6 is 12.2 Å². The van der Waals surface area contributed by atoms with E-state index >= 15 is 0 Å². The maximum atomic E-state index is 13.0. The SMILES string of the molecule is CCC(=O)NS(=O)(=O)c1cc(NC(=S)NC(C)C)ccc1/C=C/c1ccc(NC(C)=O)cc1[SH](=O)=O. The van der Waals surface area contributed by atoms with Crippen LogP contribution in [0.15, 0.2) is 46.2 Å². The van der Waals surface area contributed by atoms with Gasteiger partial charge in [-0.3, -0.25) is 9.59 Å². The molecule has 0 fully saturated rings. The molecule has 194 valence electrons. The van der Waals surface area contributed by atoms with E-state index in [-0.39, 0.29) is 44.4 Å². The molecule has 36 heavy (non-hydrogen) atoms. The lowest BCUT2D eigenvalue weighted by atomic mass is 10.1. The van der Waals surface area contributed by atoms with E-state index in [4.69, 9.17) is 12.2 Å². The number of benzene rings is 2. The Labute approximate surface area is 217 Å². The molecule has 0 heterocycles. The van der Waals surface area contributed by atoms with Gasteiger partial charge in [0.15, 0.2) is 15.8 Å². The average molecular weight is 553 g/mol. The Kier molecular flexibility index (Phi) is 10.1. The molecule has 0 saturated heterocycles. The normalized spacial score (nSPS) is 11.5. The molecule has 0 aliphatic carbocycles. The monoisotopic (exact) mass is 552 g/mol. The second-order valence-corrected chi connectivity index (χ2v) is 11.0. The van der Waals surface area contributed by atoms with Crippen molar-refractivity contribution in [2.24, 2.45) is 0 Å². The summed E-state index contributed by atoms with van der Waals surface area (Å²) < 4.78 is 51.6. The molecule has 0 aliphatic rings.